The summed E-state index contributed by atoms with van der Waals surface area (Å²) in [5.41, 5.74) is -4.88. The van der Waals surface area contributed by atoms with Crippen LogP contribution in [0.2, 0.25) is 0 Å². The van der Waals surface area contributed by atoms with E-state index in [1.807, 2.05) is 48.5 Å². The van der Waals surface area contributed by atoms with Crippen molar-refractivity contribution in [2.24, 2.45) is 0 Å². The first-order valence-electron chi connectivity index (χ1n) is 29.6. The van der Waals surface area contributed by atoms with Crippen molar-refractivity contribution in [3.63, 3.8) is 0 Å². The zero-order valence-corrected chi connectivity index (χ0v) is 52.5. The molecule has 0 saturated heterocycles. The Balaban J connectivity index is 0.857. The van der Waals surface area contributed by atoms with Gasteiger partial charge in [0.25, 0.3) is 35.4 Å². The maximum Gasteiger partial charge on any atom is 0.411 e. The summed E-state index contributed by atoms with van der Waals surface area (Å²) in [4.78, 5) is 114. The number of hydrogen-bond acceptors (Lipinski definition) is 11. The minimum Gasteiger partial charge on any atom is -0.377 e. The molecule has 0 unspecified atom stereocenters. The summed E-state index contributed by atoms with van der Waals surface area (Å²) in [6, 6.07) is 38.5. The molecule has 0 bridgehead atoms. The number of benzene rings is 9. The third kappa shape index (κ3) is 8.94. The average Bonchev–Trinajstić information content (AvgIpc) is 1.66. The van der Waals surface area contributed by atoms with Gasteiger partial charge in [-0.15, -0.1) is 0 Å². The number of nitrogens with zero attached hydrogens (tertiary/aromatic N) is 4. The van der Waals surface area contributed by atoms with E-state index in [9.17, 15) is 46.8 Å². The first-order valence-corrected chi connectivity index (χ1v) is 31.1. The Morgan fingerprint density at radius 3 is 1.22 bits per heavy atom. The number of sulfone groups is 1. The highest BCUT2D eigenvalue weighted by molar-refractivity contribution is 7.91. The summed E-state index contributed by atoms with van der Waals surface area (Å²) >= 11 is 0. The Bertz CT molecular complexity index is 5110. The van der Waals surface area contributed by atoms with Crippen LogP contribution in [0.3, 0.4) is 0 Å². The van der Waals surface area contributed by atoms with Crippen LogP contribution in [0.15, 0.2) is 180 Å². The van der Waals surface area contributed by atoms with Crippen molar-refractivity contribution in [3.05, 3.63) is 270 Å². The van der Waals surface area contributed by atoms with Gasteiger partial charge in [0, 0.05) is 30.9 Å². The first-order chi connectivity index (χ1) is 44.8. The number of carbonyl (C=O) groups excluding carboxylic acids is 8. The van der Waals surface area contributed by atoms with Crippen molar-refractivity contribution >= 4 is 79.6 Å². The molecule has 9 aromatic carbocycles. The summed E-state index contributed by atoms with van der Waals surface area (Å²) < 4.78 is 124. The Kier molecular flexibility index (Phi) is 14.3. The molecular formula is C74H52F6N4O10S. The Hall–Kier alpha value is -10.9. The van der Waals surface area contributed by atoms with E-state index in [4.69, 9.17) is 0 Å². The summed E-state index contributed by atoms with van der Waals surface area (Å²) in [6.07, 6.45) is -12.4. The van der Waals surface area contributed by atoms with Crippen molar-refractivity contribution in [2.75, 3.05) is 33.7 Å². The molecule has 13 rings (SSSR count). The molecule has 9 aromatic rings. The smallest absolute Gasteiger partial charge is 0.377 e. The molecule has 3 heterocycles. The standard InChI is InChI=1S/C74H52F6N4O10S/c1-37-29-43(19-27-61(37)82-65(87)52-23-17-45(33-56(52)68(82)90)72(73(75,76)77,74(78,79)80)46-18-24-53-57(34-46)69(91)84(67(53)89)64-32-39(3)63(81(7)8)31-40(64)4)71(59-15-11-9-13-50(59)51-14-10-12-16-60(51)71)44-20-28-62(38(2)30-44)83-66(88)54-26-22-48(36-58(54)70(83)92)95(93,94)47-21-25-49(41(5)85)55(35-47)42(6)86/h9-36H,1-8H3. The van der Waals surface area contributed by atoms with Gasteiger partial charge in [-0.1, -0.05) is 84.9 Å². The van der Waals surface area contributed by atoms with E-state index in [0.717, 1.165) is 57.1 Å². The average molecular weight is 1300 g/mol. The molecular weight excluding hydrogens is 1250 g/mol. The molecule has 21 heteroatoms. The van der Waals surface area contributed by atoms with E-state index in [1.54, 1.807) is 83.1 Å². The first kappa shape index (κ1) is 62.9. The number of anilines is 4. The zero-order chi connectivity index (χ0) is 68.2. The van der Waals surface area contributed by atoms with E-state index >= 15 is 26.3 Å². The van der Waals surface area contributed by atoms with E-state index in [-0.39, 0.29) is 54.7 Å². The van der Waals surface area contributed by atoms with Crippen LogP contribution in [0, 0.1) is 27.7 Å². The molecule has 0 N–H and O–H groups in total. The molecule has 95 heavy (non-hydrogen) atoms. The molecule has 476 valence electrons. The Morgan fingerprint density at radius 2 is 0.789 bits per heavy atom. The minimum absolute atomic E-state index is 0.0306. The van der Waals surface area contributed by atoms with E-state index in [2.05, 4.69) is 0 Å². The predicted molar refractivity (Wildman–Crippen MR) is 341 cm³/mol. The highest BCUT2D eigenvalue weighted by Crippen LogP contribution is 2.59. The van der Waals surface area contributed by atoms with Crippen molar-refractivity contribution in [1.29, 1.82) is 0 Å². The highest BCUT2D eigenvalue weighted by atomic mass is 32.2. The molecule has 14 nitrogen and oxygen atoms in total. The number of fused-ring (bicyclic) bond motifs is 6. The van der Waals surface area contributed by atoms with Crippen LogP contribution >= 0.6 is 0 Å². The normalized spacial score (nSPS) is 14.9. The second-order valence-electron chi connectivity index (χ2n) is 24.3. The van der Waals surface area contributed by atoms with Gasteiger partial charge in [0.1, 0.15) is 0 Å². The van der Waals surface area contributed by atoms with E-state index in [1.165, 1.54) is 50.2 Å². The van der Waals surface area contributed by atoms with Gasteiger partial charge in [0.2, 0.25) is 15.3 Å². The fourth-order valence-electron chi connectivity index (χ4n) is 14.2. The number of amides is 6. The van der Waals surface area contributed by atoms with E-state index in [0.29, 0.717) is 61.9 Å². The Labute approximate surface area is 539 Å². The van der Waals surface area contributed by atoms with Crippen molar-refractivity contribution in [2.45, 2.75) is 74.5 Å². The molecule has 4 aliphatic rings. The van der Waals surface area contributed by atoms with Gasteiger partial charge < -0.3 is 4.90 Å². The molecule has 0 saturated carbocycles. The number of carbonyl (C=O) groups is 8. The highest BCUT2D eigenvalue weighted by Gasteiger charge is 2.73. The van der Waals surface area contributed by atoms with Crippen LogP contribution in [0.4, 0.5) is 49.1 Å². The van der Waals surface area contributed by atoms with Crippen molar-refractivity contribution < 1.29 is 73.1 Å². The fraction of sp³-hybridized carbons (Fsp3) is 0.162. The molecule has 0 radical (unpaired) electrons. The van der Waals surface area contributed by atoms with Crippen LogP contribution in [-0.4, -0.2) is 81.9 Å². The quantitative estimate of drug-likeness (QED) is 0.0644. The van der Waals surface area contributed by atoms with Crippen molar-refractivity contribution in [1.82, 2.24) is 0 Å². The third-order valence-electron chi connectivity index (χ3n) is 18.6. The summed E-state index contributed by atoms with van der Waals surface area (Å²) in [5.74, 6) is -6.96. The number of hydrogen-bond donors (Lipinski definition) is 0. The van der Waals surface area contributed by atoms with Crippen LogP contribution in [0.5, 0.6) is 0 Å². The van der Waals surface area contributed by atoms with E-state index < -0.39 is 113 Å². The molecule has 0 aromatic heterocycles. The molecule has 0 fully saturated rings. The maximum atomic E-state index is 16.0. The largest absolute Gasteiger partial charge is 0.411 e. The zero-order valence-electron chi connectivity index (χ0n) is 51.7. The fourth-order valence-corrected chi connectivity index (χ4v) is 15.5. The second-order valence-corrected chi connectivity index (χ2v) is 26.2. The SMILES string of the molecule is CC(=O)c1ccc(S(=O)(=O)c2ccc3c(c2)C(=O)N(c2ccc(C4(c5ccc(N6C(=O)c7ccc(C(c8ccc9c(c8)C(=O)N(c8cc(C)c(N(C)C)cc8C)C9=O)(C(F)(F)F)C(F)(F)F)cc7C6=O)c(C)c5)c5ccccc5-c5ccccc54)cc2C)C3=O)cc1C(C)=O. The lowest BCUT2D eigenvalue weighted by Gasteiger charge is -2.38. The van der Waals surface area contributed by atoms with Gasteiger partial charge in [0.05, 0.1) is 65.6 Å². The molecule has 6 amide bonds. The summed E-state index contributed by atoms with van der Waals surface area (Å²) in [6.45, 7) is 9.00. The van der Waals surface area contributed by atoms with Crippen LogP contribution < -0.4 is 19.6 Å². The predicted octanol–water partition coefficient (Wildman–Crippen LogP) is 14.4. The van der Waals surface area contributed by atoms with Crippen molar-refractivity contribution in [3.8, 4) is 11.1 Å². The lowest BCUT2D eigenvalue weighted by atomic mass is 9.67. The van der Waals surface area contributed by atoms with Gasteiger partial charge in [0.15, 0.2) is 11.6 Å². The molecule has 1 aliphatic carbocycles. The van der Waals surface area contributed by atoms with Crippen LogP contribution in [0.25, 0.3) is 11.1 Å². The number of aryl methyl sites for hydroxylation is 4. The molecule has 0 atom stereocenters. The number of halogens is 6. The lowest BCUT2D eigenvalue weighted by molar-refractivity contribution is -0.288. The number of rotatable bonds is 12. The number of imide groups is 3. The molecule has 0 spiro atoms. The summed E-state index contributed by atoms with van der Waals surface area (Å²) in [7, 11) is -0.887. The van der Waals surface area contributed by atoms with Crippen LogP contribution in [-0.2, 0) is 20.7 Å². The second kappa shape index (κ2) is 21.6. The number of Topliss-reactive ketones (excluding diaryl/α,β-unsaturated/α-hetero) is 2. The monoisotopic (exact) mass is 1300 g/mol. The van der Waals surface area contributed by atoms with Gasteiger partial charge in [-0.2, -0.15) is 26.3 Å². The van der Waals surface area contributed by atoms with Gasteiger partial charge >= 0.3 is 12.4 Å². The number of alkyl halides is 6. The number of ketones is 2. The maximum absolute atomic E-state index is 16.0. The third-order valence-corrected chi connectivity index (χ3v) is 20.4. The topological polar surface area (TPSA) is 184 Å². The molecule has 3 aliphatic heterocycles. The van der Waals surface area contributed by atoms with Gasteiger partial charge in [-0.25, -0.2) is 23.1 Å². The van der Waals surface area contributed by atoms with Gasteiger partial charge in [-0.05, 0) is 193 Å². The summed E-state index contributed by atoms with van der Waals surface area (Å²) in [5, 5.41) is 0. The lowest BCUT2D eigenvalue weighted by Crippen LogP contribution is -2.55. The minimum atomic E-state index is -6.22. The van der Waals surface area contributed by atoms with Crippen LogP contribution in [0.1, 0.15) is 152 Å². The Morgan fingerprint density at radius 1 is 0.400 bits per heavy atom. The van der Waals surface area contributed by atoms with Gasteiger partial charge in [-0.3, -0.25) is 38.4 Å².